The van der Waals surface area contributed by atoms with Crippen molar-refractivity contribution in [1.29, 1.82) is 0 Å². The molecule has 2 N–H and O–H groups in total. The van der Waals surface area contributed by atoms with Gasteiger partial charge in [-0.15, -0.1) is 0 Å². The number of hydrogen-bond donors (Lipinski definition) is 2. The Morgan fingerprint density at radius 1 is 0.955 bits per heavy atom. The third-order valence-corrected chi connectivity index (χ3v) is 10.1. The van der Waals surface area contributed by atoms with E-state index in [9.17, 15) is 9.59 Å². The maximum Gasteiger partial charge on any atom is 0.250 e. The smallest absolute Gasteiger partial charge is 0.250 e. The van der Waals surface area contributed by atoms with Crippen LogP contribution in [0, 0.1) is 0 Å². The van der Waals surface area contributed by atoms with Crippen molar-refractivity contribution in [2.45, 2.75) is 31.0 Å². The van der Waals surface area contributed by atoms with Crippen LogP contribution in [-0.2, 0) is 20.9 Å². The minimum absolute atomic E-state index is 0.0165. The van der Waals surface area contributed by atoms with Crippen LogP contribution in [0.15, 0.2) is 84.9 Å². The molecule has 6 rings (SSSR count). The fraction of sp³-hybridized carbons (Fsp3) is 0.382. The van der Waals surface area contributed by atoms with Crippen molar-refractivity contribution in [2.24, 2.45) is 0 Å². The van der Waals surface area contributed by atoms with Gasteiger partial charge in [-0.25, -0.2) is 0 Å². The minimum atomic E-state index is -0.978. The molecule has 230 valence electrons. The molecule has 1 atom stereocenters. The first-order valence-electron chi connectivity index (χ1n) is 15.3. The number of rotatable bonds is 9. The highest BCUT2D eigenvalue weighted by Crippen LogP contribution is 2.36. The molecule has 0 aromatic heterocycles. The number of carbonyl (C=O) groups is 2. The van der Waals surface area contributed by atoms with Crippen molar-refractivity contribution < 1.29 is 14.3 Å². The number of benzene rings is 3. The SMILES string of the molecule is O=C(CN1C[C@@H](c2ccccc2)NC1=S)N(Cc1ccccc1)C1(C(=O)Nc2ccc(N3CCOCC3)cc2)CCSCC1. The van der Waals surface area contributed by atoms with Gasteiger partial charge in [-0.2, -0.15) is 11.8 Å². The fourth-order valence-corrected chi connectivity index (χ4v) is 7.70. The molecule has 3 fully saturated rings. The maximum atomic E-state index is 14.4. The molecule has 3 aromatic carbocycles. The summed E-state index contributed by atoms with van der Waals surface area (Å²) in [4.78, 5) is 34.8. The average molecular weight is 630 g/mol. The van der Waals surface area contributed by atoms with Crippen LogP contribution in [0.2, 0.25) is 0 Å². The van der Waals surface area contributed by atoms with Crippen molar-refractivity contribution in [2.75, 3.05) is 61.1 Å². The molecular weight excluding hydrogens is 591 g/mol. The first-order valence-corrected chi connectivity index (χ1v) is 16.8. The van der Waals surface area contributed by atoms with Crippen LogP contribution in [0.5, 0.6) is 0 Å². The van der Waals surface area contributed by atoms with E-state index in [1.165, 1.54) is 0 Å². The number of nitrogens with one attached hydrogen (secondary N) is 2. The van der Waals surface area contributed by atoms with Crippen molar-refractivity contribution in [3.8, 4) is 0 Å². The number of hydrogen-bond acceptors (Lipinski definition) is 6. The second kappa shape index (κ2) is 14.0. The number of morpholine rings is 1. The lowest BCUT2D eigenvalue weighted by Gasteiger charge is -2.45. The van der Waals surface area contributed by atoms with Crippen molar-refractivity contribution >= 4 is 52.3 Å². The van der Waals surface area contributed by atoms with Gasteiger partial charge in [0.25, 0.3) is 0 Å². The second-order valence-electron chi connectivity index (χ2n) is 11.5. The predicted octanol–water partition coefficient (Wildman–Crippen LogP) is 4.69. The zero-order valence-electron chi connectivity index (χ0n) is 24.8. The summed E-state index contributed by atoms with van der Waals surface area (Å²) in [6.45, 7) is 4.20. The summed E-state index contributed by atoms with van der Waals surface area (Å²) in [5.74, 6) is 1.38. The minimum Gasteiger partial charge on any atom is -0.378 e. The Morgan fingerprint density at radius 2 is 1.61 bits per heavy atom. The molecule has 0 radical (unpaired) electrons. The molecule has 3 aliphatic heterocycles. The highest BCUT2D eigenvalue weighted by Gasteiger charge is 2.48. The van der Waals surface area contributed by atoms with Crippen molar-refractivity contribution in [1.82, 2.24) is 15.1 Å². The number of amides is 2. The molecule has 0 aliphatic carbocycles. The van der Waals surface area contributed by atoms with Gasteiger partial charge in [0.2, 0.25) is 11.8 Å². The van der Waals surface area contributed by atoms with Crippen LogP contribution in [0.3, 0.4) is 0 Å². The van der Waals surface area contributed by atoms with Crippen LogP contribution in [0.1, 0.15) is 30.0 Å². The monoisotopic (exact) mass is 629 g/mol. The van der Waals surface area contributed by atoms with Gasteiger partial charge in [-0.3, -0.25) is 9.59 Å². The van der Waals surface area contributed by atoms with Gasteiger partial charge in [0.1, 0.15) is 5.54 Å². The normalized spacial score (nSPS) is 19.7. The third-order valence-electron chi connectivity index (χ3n) is 8.76. The zero-order valence-corrected chi connectivity index (χ0v) is 26.5. The number of nitrogens with zero attached hydrogens (tertiary/aromatic N) is 3. The number of thioether (sulfide) groups is 1. The molecule has 44 heavy (non-hydrogen) atoms. The standard InChI is InChI=1S/C34H39N5O3S2/c40-31(25-38-24-30(36-33(38)43)27-9-5-2-6-10-27)39(23-26-7-3-1-4-8-26)34(15-21-44-22-16-34)32(41)35-28-11-13-29(14-12-28)37-17-19-42-20-18-37/h1-14,30H,15-25H2,(H,35,41)(H,36,43)/t30-/m0/s1. The van der Waals surface area contributed by atoms with Gasteiger partial charge in [-0.05, 0) is 72.0 Å². The van der Waals surface area contributed by atoms with Crippen molar-refractivity contribution in [3.63, 3.8) is 0 Å². The molecule has 2 amide bonds. The van der Waals surface area contributed by atoms with E-state index in [1.807, 2.05) is 94.4 Å². The molecule has 0 saturated carbocycles. The molecule has 0 spiro atoms. The van der Waals surface area contributed by atoms with E-state index in [0.717, 1.165) is 60.3 Å². The first-order chi connectivity index (χ1) is 21.5. The Bertz CT molecular complexity index is 1430. The number of ether oxygens (including phenoxy) is 1. The molecule has 3 saturated heterocycles. The molecule has 0 unspecified atom stereocenters. The summed E-state index contributed by atoms with van der Waals surface area (Å²) in [5, 5.41) is 7.14. The van der Waals surface area contributed by atoms with Crippen LogP contribution < -0.4 is 15.5 Å². The highest BCUT2D eigenvalue weighted by atomic mass is 32.2. The lowest BCUT2D eigenvalue weighted by molar-refractivity contribution is -0.147. The Kier molecular flexibility index (Phi) is 9.69. The Balaban J connectivity index is 1.24. The van der Waals surface area contributed by atoms with Gasteiger partial charge in [0, 0.05) is 37.6 Å². The summed E-state index contributed by atoms with van der Waals surface area (Å²) in [6.07, 6.45) is 1.17. The van der Waals surface area contributed by atoms with E-state index in [-0.39, 0.29) is 24.4 Å². The summed E-state index contributed by atoms with van der Waals surface area (Å²) in [6, 6.07) is 28.1. The average Bonchev–Trinajstić information content (AvgIpc) is 3.45. The molecule has 0 bridgehead atoms. The third kappa shape index (κ3) is 6.87. The number of thiocarbonyl (C=S) groups is 1. The van der Waals surface area contributed by atoms with Gasteiger partial charge >= 0.3 is 0 Å². The van der Waals surface area contributed by atoms with Gasteiger partial charge in [0.15, 0.2) is 5.11 Å². The van der Waals surface area contributed by atoms with E-state index < -0.39 is 5.54 Å². The lowest BCUT2D eigenvalue weighted by atomic mass is 9.87. The van der Waals surface area contributed by atoms with E-state index in [2.05, 4.69) is 27.7 Å². The number of carbonyl (C=O) groups excluding carboxylic acids is 2. The summed E-state index contributed by atoms with van der Waals surface area (Å²) < 4.78 is 5.49. The highest BCUT2D eigenvalue weighted by molar-refractivity contribution is 7.99. The van der Waals surface area contributed by atoms with Crippen LogP contribution in [0.25, 0.3) is 0 Å². The quantitative estimate of drug-likeness (QED) is 0.331. The summed E-state index contributed by atoms with van der Waals surface area (Å²) in [7, 11) is 0. The zero-order chi connectivity index (χ0) is 30.4. The molecular formula is C34H39N5O3S2. The number of anilines is 2. The van der Waals surface area contributed by atoms with Gasteiger partial charge < -0.3 is 30.1 Å². The van der Waals surface area contributed by atoms with Crippen LogP contribution in [-0.4, -0.2) is 83.2 Å². The van der Waals surface area contributed by atoms with Crippen LogP contribution in [0.4, 0.5) is 11.4 Å². The van der Waals surface area contributed by atoms with Gasteiger partial charge in [-0.1, -0.05) is 60.7 Å². The Morgan fingerprint density at radius 3 is 2.30 bits per heavy atom. The predicted molar refractivity (Wildman–Crippen MR) is 181 cm³/mol. The molecule has 3 aromatic rings. The van der Waals surface area contributed by atoms with E-state index in [1.54, 1.807) is 0 Å². The molecule has 10 heteroatoms. The fourth-order valence-electron chi connectivity index (χ4n) is 6.25. The maximum absolute atomic E-state index is 14.4. The first kappa shape index (κ1) is 30.4. The lowest BCUT2D eigenvalue weighted by Crippen LogP contribution is -2.61. The van der Waals surface area contributed by atoms with E-state index >= 15 is 0 Å². The van der Waals surface area contributed by atoms with Crippen LogP contribution >= 0.6 is 24.0 Å². The topological polar surface area (TPSA) is 77.2 Å². The van der Waals surface area contributed by atoms with Crippen molar-refractivity contribution in [3.05, 3.63) is 96.1 Å². The molecule has 8 nitrogen and oxygen atoms in total. The largest absolute Gasteiger partial charge is 0.378 e. The summed E-state index contributed by atoms with van der Waals surface area (Å²) in [5.41, 5.74) is 2.98. The summed E-state index contributed by atoms with van der Waals surface area (Å²) >= 11 is 7.51. The Labute approximate surface area is 269 Å². The molecule has 3 heterocycles. The van der Waals surface area contributed by atoms with E-state index in [0.29, 0.717) is 31.0 Å². The van der Waals surface area contributed by atoms with E-state index in [4.69, 9.17) is 17.0 Å². The Hall–Kier alpha value is -3.60. The second-order valence-corrected chi connectivity index (χ2v) is 13.1. The molecule has 3 aliphatic rings. The van der Waals surface area contributed by atoms with Gasteiger partial charge in [0.05, 0.1) is 25.8 Å².